The summed E-state index contributed by atoms with van der Waals surface area (Å²) in [7, 11) is 0. The third-order valence-electron chi connectivity index (χ3n) is 4.15. The van der Waals surface area contributed by atoms with Crippen molar-refractivity contribution in [2.45, 2.75) is 38.2 Å². The molecule has 100 valence electrons. The van der Waals surface area contributed by atoms with Crippen molar-refractivity contribution < 1.29 is 10.2 Å². The van der Waals surface area contributed by atoms with Crippen LogP contribution in [0.15, 0.2) is 0 Å². The highest BCUT2D eigenvalue weighted by molar-refractivity contribution is 4.94. The van der Waals surface area contributed by atoms with Gasteiger partial charge in [0.05, 0.1) is 6.10 Å². The van der Waals surface area contributed by atoms with Gasteiger partial charge in [-0.15, -0.1) is 0 Å². The van der Waals surface area contributed by atoms with E-state index in [0.29, 0.717) is 12.0 Å². The summed E-state index contributed by atoms with van der Waals surface area (Å²) < 4.78 is 0. The summed E-state index contributed by atoms with van der Waals surface area (Å²) >= 11 is 0. The van der Waals surface area contributed by atoms with Crippen molar-refractivity contribution in [2.75, 3.05) is 39.3 Å². The number of hydrogen-bond acceptors (Lipinski definition) is 4. The van der Waals surface area contributed by atoms with E-state index in [0.717, 1.165) is 32.6 Å². The van der Waals surface area contributed by atoms with E-state index in [1.165, 1.54) is 25.7 Å². The Kier molecular flexibility index (Phi) is 4.79. The van der Waals surface area contributed by atoms with Crippen molar-refractivity contribution in [1.29, 1.82) is 0 Å². The van der Waals surface area contributed by atoms with E-state index >= 15 is 0 Å². The Hall–Kier alpha value is -0.160. The zero-order valence-electron chi connectivity index (χ0n) is 10.7. The highest BCUT2D eigenvalue weighted by Crippen LogP contribution is 2.47. The van der Waals surface area contributed by atoms with Crippen LogP contribution in [0.25, 0.3) is 0 Å². The predicted octanol–water partition coefficient (Wildman–Crippen LogP) is 0.195. The number of hydrogen-bond donors (Lipinski definition) is 3. The molecule has 4 heteroatoms. The fourth-order valence-corrected chi connectivity index (χ4v) is 2.76. The van der Waals surface area contributed by atoms with Crippen molar-refractivity contribution in [3.63, 3.8) is 0 Å². The Morgan fingerprint density at radius 1 is 1.24 bits per heavy atom. The van der Waals surface area contributed by atoms with Gasteiger partial charge in [-0.25, -0.2) is 0 Å². The van der Waals surface area contributed by atoms with Crippen molar-refractivity contribution >= 4 is 0 Å². The van der Waals surface area contributed by atoms with Crippen molar-refractivity contribution in [2.24, 2.45) is 5.41 Å². The van der Waals surface area contributed by atoms with Gasteiger partial charge in [-0.3, -0.25) is 0 Å². The van der Waals surface area contributed by atoms with Gasteiger partial charge in [-0.05, 0) is 50.6 Å². The lowest BCUT2D eigenvalue weighted by Gasteiger charge is -2.21. The summed E-state index contributed by atoms with van der Waals surface area (Å²) in [6, 6.07) is 0. The molecule has 1 saturated heterocycles. The minimum Gasteiger partial charge on any atom is -0.396 e. The van der Waals surface area contributed by atoms with E-state index in [2.05, 4.69) is 10.2 Å². The molecule has 2 rings (SSSR count). The zero-order valence-corrected chi connectivity index (χ0v) is 10.7. The monoisotopic (exact) mass is 242 g/mol. The van der Waals surface area contributed by atoms with E-state index in [-0.39, 0.29) is 12.7 Å². The molecule has 17 heavy (non-hydrogen) atoms. The molecule has 1 aliphatic heterocycles. The van der Waals surface area contributed by atoms with Gasteiger partial charge >= 0.3 is 0 Å². The van der Waals surface area contributed by atoms with Crippen LogP contribution in [-0.2, 0) is 0 Å². The van der Waals surface area contributed by atoms with Gasteiger partial charge in [0, 0.05) is 26.2 Å². The van der Waals surface area contributed by atoms with Gasteiger partial charge < -0.3 is 20.4 Å². The second kappa shape index (κ2) is 6.14. The maximum absolute atomic E-state index is 9.90. The van der Waals surface area contributed by atoms with Gasteiger partial charge in [0.2, 0.25) is 0 Å². The maximum Gasteiger partial charge on any atom is 0.0791 e. The Labute approximate surface area is 104 Å². The summed E-state index contributed by atoms with van der Waals surface area (Å²) in [6.07, 6.45) is 5.66. The van der Waals surface area contributed by atoms with Gasteiger partial charge in [-0.1, -0.05) is 0 Å². The largest absolute Gasteiger partial charge is 0.396 e. The number of rotatable bonds is 8. The molecule has 0 aromatic carbocycles. The summed E-state index contributed by atoms with van der Waals surface area (Å²) in [4.78, 5) is 2.34. The molecular weight excluding hydrogens is 216 g/mol. The third-order valence-corrected chi connectivity index (χ3v) is 4.15. The lowest BCUT2D eigenvalue weighted by molar-refractivity contribution is 0.121. The zero-order chi connectivity index (χ0) is 12.1. The van der Waals surface area contributed by atoms with E-state index in [4.69, 9.17) is 5.11 Å². The fourth-order valence-electron chi connectivity index (χ4n) is 2.76. The van der Waals surface area contributed by atoms with Crippen molar-refractivity contribution in [1.82, 2.24) is 10.2 Å². The molecule has 0 aromatic heterocycles. The molecule has 2 aliphatic rings. The van der Waals surface area contributed by atoms with E-state index in [1.807, 2.05) is 0 Å². The second-order valence-electron chi connectivity index (χ2n) is 5.77. The first kappa shape index (κ1) is 13.3. The molecule has 1 aliphatic carbocycles. The van der Waals surface area contributed by atoms with Crippen LogP contribution in [0.5, 0.6) is 0 Å². The van der Waals surface area contributed by atoms with Crippen molar-refractivity contribution in [3.05, 3.63) is 0 Å². The minimum absolute atomic E-state index is 0.252. The van der Waals surface area contributed by atoms with Crippen LogP contribution in [0.1, 0.15) is 32.1 Å². The Morgan fingerprint density at radius 3 is 2.53 bits per heavy atom. The first-order valence-electron chi connectivity index (χ1n) is 6.96. The van der Waals surface area contributed by atoms with Crippen molar-refractivity contribution in [3.8, 4) is 0 Å². The highest BCUT2D eigenvalue weighted by atomic mass is 16.3. The van der Waals surface area contributed by atoms with Crippen LogP contribution in [0, 0.1) is 5.41 Å². The summed E-state index contributed by atoms with van der Waals surface area (Å²) in [6.45, 7) is 5.02. The Morgan fingerprint density at radius 2 is 1.94 bits per heavy atom. The minimum atomic E-state index is -0.252. The Balaban J connectivity index is 1.55. The topological polar surface area (TPSA) is 55.7 Å². The summed E-state index contributed by atoms with van der Waals surface area (Å²) in [5.41, 5.74) is 0.349. The number of aliphatic hydroxyl groups is 2. The van der Waals surface area contributed by atoms with E-state index in [9.17, 15) is 5.11 Å². The summed E-state index contributed by atoms with van der Waals surface area (Å²) in [5, 5.41) is 22.2. The lowest BCUT2D eigenvalue weighted by atomic mass is 10.0. The van der Waals surface area contributed by atoms with E-state index < -0.39 is 0 Å². The molecule has 1 unspecified atom stereocenters. The highest BCUT2D eigenvalue weighted by Gasteiger charge is 2.41. The molecule has 1 heterocycles. The molecule has 2 fully saturated rings. The maximum atomic E-state index is 9.90. The lowest BCUT2D eigenvalue weighted by Crippen LogP contribution is -2.38. The predicted molar refractivity (Wildman–Crippen MR) is 67.9 cm³/mol. The number of likely N-dealkylation sites (tertiary alicyclic amines) is 1. The first-order chi connectivity index (χ1) is 8.24. The second-order valence-corrected chi connectivity index (χ2v) is 5.77. The molecule has 1 atom stereocenters. The van der Waals surface area contributed by atoms with Crippen LogP contribution in [0.2, 0.25) is 0 Å². The number of nitrogens with one attached hydrogen (secondary N) is 1. The molecular formula is C13H26N2O2. The van der Waals surface area contributed by atoms with Crippen LogP contribution < -0.4 is 5.32 Å². The van der Waals surface area contributed by atoms with Crippen LogP contribution >= 0.6 is 0 Å². The third kappa shape index (κ3) is 4.21. The molecule has 0 spiro atoms. The average Bonchev–Trinajstić information content (AvgIpc) is 2.86. The molecule has 0 radical (unpaired) electrons. The van der Waals surface area contributed by atoms with Gasteiger partial charge in [0.15, 0.2) is 0 Å². The average molecular weight is 242 g/mol. The van der Waals surface area contributed by atoms with Gasteiger partial charge in [-0.2, -0.15) is 0 Å². The van der Waals surface area contributed by atoms with Crippen LogP contribution in [0.4, 0.5) is 0 Å². The fraction of sp³-hybridized carbons (Fsp3) is 1.00. The van der Waals surface area contributed by atoms with Crippen LogP contribution in [0.3, 0.4) is 0 Å². The Bertz CT molecular complexity index is 225. The number of aliphatic hydroxyl groups excluding tert-OH is 2. The first-order valence-corrected chi connectivity index (χ1v) is 6.96. The van der Waals surface area contributed by atoms with Crippen LogP contribution in [-0.4, -0.2) is 60.5 Å². The number of nitrogens with zero attached hydrogens (tertiary/aromatic N) is 1. The molecule has 0 bridgehead atoms. The van der Waals surface area contributed by atoms with Gasteiger partial charge in [0.25, 0.3) is 0 Å². The summed E-state index contributed by atoms with van der Waals surface area (Å²) in [5.74, 6) is 0. The standard InChI is InChI=1S/C13H26N2O2/c16-8-5-13(3-4-13)11-14-9-12(17)10-15-6-1-2-7-15/h12,14,16-17H,1-11H2. The molecule has 4 nitrogen and oxygen atoms in total. The quantitative estimate of drug-likeness (QED) is 0.569. The molecule has 1 saturated carbocycles. The SMILES string of the molecule is OCCC1(CNCC(O)CN2CCCC2)CC1. The smallest absolute Gasteiger partial charge is 0.0791 e. The van der Waals surface area contributed by atoms with Gasteiger partial charge in [0.1, 0.15) is 0 Å². The van der Waals surface area contributed by atoms with E-state index in [1.54, 1.807) is 0 Å². The molecule has 0 amide bonds. The molecule has 0 aromatic rings. The molecule has 3 N–H and O–H groups in total. The normalized spacial score (nSPS) is 25.1. The number of β-amino-alcohol motifs (C(OH)–C–C–N with tert-alkyl or cyclic N) is 1.